The summed E-state index contributed by atoms with van der Waals surface area (Å²) in [5, 5.41) is 0. The van der Waals surface area contributed by atoms with E-state index in [1.54, 1.807) is 24.5 Å². The van der Waals surface area contributed by atoms with E-state index in [0.29, 0.717) is 37.4 Å². The van der Waals surface area contributed by atoms with Crippen LogP contribution in [0.4, 0.5) is 0 Å². The number of aryl methyl sites for hydroxylation is 3. The molecular formula is C29H31N5O2. The Labute approximate surface area is 212 Å². The van der Waals surface area contributed by atoms with Crippen molar-refractivity contribution in [3.8, 4) is 11.4 Å². The summed E-state index contributed by atoms with van der Waals surface area (Å²) in [5.41, 5.74) is 6.93. The van der Waals surface area contributed by atoms with Crippen LogP contribution in [-0.2, 0) is 17.8 Å². The molecule has 184 valence electrons. The molecule has 0 aromatic carbocycles. The van der Waals surface area contributed by atoms with Crippen molar-refractivity contribution < 1.29 is 9.53 Å². The lowest BCUT2D eigenvalue weighted by Crippen LogP contribution is -2.26. The van der Waals surface area contributed by atoms with Gasteiger partial charge in [-0.15, -0.1) is 0 Å². The quantitative estimate of drug-likeness (QED) is 0.230. The average molecular weight is 482 g/mol. The van der Waals surface area contributed by atoms with E-state index in [4.69, 9.17) is 4.74 Å². The highest BCUT2D eigenvalue weighted by molar-refractivity contribution is 5.90. The molecule has 0 saturated heterocycles. The first-order valence-electron chi connectivity index (χ1n) is 12.1. The maximum atomic E-state index is 12.7. The Hall–Kier alpha value is -3.97. The predicted molar refractivity (Wildman–Crippen MR) is 139 cm³/mol. The van der Waals surface area contributed by atoms with E-state index in [1.165, 1.54) is 0 Å². The normalized spacial score (nSPS) is 11.0. The third-order valence-corrected chi connectivity index (χ3v) is 5.69. The number of rotatable bonds is 10. The fourth-order valence-corrected chi connectivity index (χ4v) is 3.96. The Bertz CT molecular complexity index is 1280. The number of hydrogen-bond donors (Lipinski definition) is 0. The van der Waals surface area contributed by atoms with E-state index in [2.05, 4.69) is 24.8 Å². The van der Waals surface area contributed by atoms with Gasteiger partial charge < -0.3 is 4.74 Å². The minimum atomic E-state index is -0.362. The van der Waals surface area contributed by atoms with Crippen LogP contribution < -0.4 is 0 Å². The van der Waals surface area contributed by atoms with Crippen LogP contribution in [0, 0.1) is 20.8 Å². The molecule has 4 aromatic heterocycles. The second-order valence-electron chi connectivity index (χ2n) is 8.89. The topological polar surface area (TPSA) is 81.1 Å². The van der Waals surface area contributed by atoms with Gasteiger partial charge >= 0.3 is 5.97 Å². The first-order chi connectivity index (χ1) is 17.5. The molecule has 4 aromatic rings. The number of pyridine rings is 4. The largest absolute Gasteiger partial charge is 0.462 e. The zero-order chi connectivity index (χ0) is 25.3. The molecule has 0 saturated carbocycles. The van der Waals surface area contributed by atoms with Crippen molar-refractivity contribution in [3.63, 3.8) is 0 Å². The standard InChI is InChI=1S/C29H31N5O2/c1-21-11-13-30-27(17-21)28-18-24(12-14-31-28)29(35)36-16-6-15-34(19-25-9-4-7-22(2)32-25)20-26-10-5-8-23(3)33-26/h4-5,7-14,17-18H,6,15-16,19-20H2,1-3H3. The summed E-state index contributed by atoms with van der Waals surface area (Å²) in [6.45, 7) is 8.44. The molecule has 0 unspecified atom stereocenters. The van der Waals surface area contributed by atoms with Gasteiger partial charge in [0, 0.05) is 43.4 Å². The molecule has 0 fully saturated rings. The molecule has 0 bridgehead atoms. The van der Waals surface area contributed by atoms with Crippen molar-refractivity contribution in [2.24, 2.45) is 0 Å². The molecule has 0 aliphatic carbocycles. The molecule has 0 aliphatic heterocycles. The van der Waals surface area contributed by atoms with E-state index >= 15 is 0 Å². The molecule has 0 atom stereocenters. The third kappa shape index (κ3) is 7.26. The van der Waals surface area contributed by atoms with Crippen molar-refractivity contribution >= 4 is 5.97 Å². The highest BCUT2D eigenvalue weighted by atomic mass is 16.5. The monoisotopic (exact) mass is 481 g/mol. The lowest BCUT2D eigenvalue weighted by molar-refractivity contribution is 0.0485. The first kappa shape index (κ1) is 25.1. The first-order valence-corrected chi connectivity index (χ1v) is 12.1. The minimum Gasteiger partial charge on any atom is -0.462 e. The summed E-state index contributed by atoms with van der Waals surface area (Å²) in [6, 6.07) is 19.4. The highest BCUT2D eigenvalue weighted by Gasteiger charge is 2.13. The molecule has 4 rings (SSSR count). The summed E-state index contributed by atoms with van der Waals surface area (Å²) in [4.78, 5) is 33.0. The molecule has 4 heterocycles. The number of carbonyl (C=O) groups excluding carboxylic acids is 1. The SMILES string of the molecule is Cc1ccnc(-c2cc(C(=O)OCCCN(Cc3cccc(C)n3)Cc3cccc(C)n3)ccn2)c1. The van der Waals surface area contributed by atoms with E-state index in [-0.39, 0.29) is 5.97 Å². The number of nitrogens with zero attached hydrogens (tertiary/aromatic N) is 5. The predicted octanol–water partition coefficient (Wildman–Crippen LogP) is 5.11. The van der Waals surface area contributed by atoms with Crippen LogP contribution in [0.3, 0.4) is 0 Å². The maximum Gasteiger partial charge on any atom is 0.338 e. The Morgan fingerprint density at radius 3 is 2.03 bits per heavy atom. The summed E-state index contributed by atoms with van der Waals surface area (Å²) in [6.07, 6.45) is 4.05. The van der Waals surface area contributed by atoms with E-state index < -0.39 is 0 Å². The second kappa shape index (κ2) is 12.1. The van der Waals surface area contributed by atoms with Gasteiger partial charge in [0.15, 0.2) is 0 Å². The van der Waals surface area contributed by atoms with E-state index in [0.717, 1.165) is 40.6 Å². The van der Waals surface area contributed by atoms with Crippen LogP contribution >= 0.6 is 0 Å². The lowest BCUT2D eigenvalue weighted by atomic mass is 10.1. The average Bonchev–Trinajstić information content (AvgIpc) is 2.86. The number of aromatic nitrogens is 4. The Morgan fingerprint density at radius 1 is 0.806 bits per heavy atom. The third-order valence-electron chi connectivity index (χ3n) is 5.69. The molecule has 0 spiro atoms. The van der Waals surface area contributed by atoms with Crippen molar-refractivity contribution in [2.45, 2.75) is 40.3 Å². The number of ether oxygens (including phenoxy) is 1. The van der Waals surface area contributed by atoms with Crippen LogP contribution in [0.15, 0.2) is 73.1 Å². The van der Waals surface area contributed by atoms with Crippen LogP contribution in [0.2, 0.25) is 0 Å². The zero-order valence-corrected chi connectivity index (χ0v) is 21.0. The second-order valence-corrected chi connectivity index (χ2v) is 8.89. The number of carbonyl (C=O) groups is 1. The van der Waals surface area contributed by atoms with Gasteiger partial charge in [0.1, 0.15) is 0 Å². The fourth-order valence-electron chi connectivity index (χ4n) is 3.96. The molecule has 0 amide bonds. The van der Waals surface area contributed by atoms with Gasteiger partial charge in [-0.25, -0.2) is 4.79 Å². The van der Waals surface area contributed by atoms with Crippen molar-refractivity contribution in [3.05, 3.63) is 107 Å². The van der Waals surface area contributed by atoms with Gasteiger partial charge in [0.25, 0.3) is 0 Å². The number of esters is 1. The molecule has 0 N–H and O–H groups in total. The molecular weight excluding hydrogens is 450 g/mol. The minimum absolute atomic E-state index is 0.318. The van der Waals surface area contributed by atoms with Gasteiger partial charge in [0.05, 0.1) is 34.9 Å². The summed E-state index contributed by atoms with van der Waals surface area (Å²) < 4.78 is 5.59. The fraction of sp³-hybridized carbons (Fsp3) is 0.276. The number of hydrogen-bond acceptors (Lipinski definition) is 7. The molecule has 0 radical (unpaired) electrons. The van der Waals surface area contributed by atoms with Crippen LogP contribution in [0.25, 0.3) is 11.4 Å². The van der Waals surface area contributed by atoms with Gasteiger partial charge in [-0.3, -0.25) is 24.8 Å². The molecule has 7 nitrogen and oxygen atoms in total. The van der Waals surface area contributed by atoms with Crippen LogP contribution in [0.1, 0.15) is 45.1 Å². The molecule has 7 heteroatoms. The van der Waals surface area contributed by atoms with E-state index in [1.807, 2.05) is 69.3 Å². The van der Waals surface area contributed by atoms with Crippen LogP contribution in [-0.4, -0.2) is 44.0 Å². The van der Waals surface area contributed by atoms with Gasteiger partial charge in [0.2, 0.25) is 0 Å². The maximum absolute atomic E-state index is 12.7. The summed E-state index contributed by atoms with van der Waals surface area (Å²) >= 11 is 0. The molecule has 36 heavy (non-hydrogen) atoms. The summed E-state index contributed by atoms with van der Waals surface area (Å²) in [5.74, 6) is -0.362. The van der Waals surface area contributed by atoms with Gasteiger partial charge in [-0.2, -0.15) is 0 Å². The summed E-state index contributed by atoms with van der Waals surface area (Å²) in [7, 11) is 0. The van der Waals surface area contributed by atoms with E-state index in [9.17, 15) is 4.79 Å². The zero-order valence-electron chi connectivity index (χ0n) is 21.0. The lowest BCUT2D eigenvalue weighted by Gasteiger charge is -2.22. The van der Waals surface area contributed by atoms with Gasteiger partial charge in [-0.05, 0) is 81.3 Å². The molecule has 0 aliphatic rings. The highest BCUT2D eigenvalue weighted by Crippen LogP contribution is 2.17. The van der Waals surface area contributed by atoms with Crippen molar-refractivity contribution in [1.82, 2.24) is 24.8 Å². The Balaban J connectivity index is 1.35. The Kier molecular flexibility index (Phi) is 8.47. The smallest absolute Gasteiger partial charge is 0.338 e. The van der Waals surface area contributed by atoms with Crippen molar-refractivity contribution in [2.75, 3.05) is 13.2 Å². The van der Waals surface area contributed by atoms with Gasteiger partial charge in [-0.1, -0.05) is 12.1 Å². The van der Waals surface area contributed by atoms with Crippen LogP contribution in [0.5, 0.6) is 0 Å². The van der Waals surface area contributed by atoms with Crippen molar-refractivity contribution in [1.29, 1.82) is 0 Å². The Morgan fingerprint density at radius 2 is 1.42 bits per heavy atom.